The van der Waals surface area contributed by atoms with E-state index >= 15 is 0 Å². The van der Waals surface area contributed by atoms with Crippen molar-refractivity contribution in [3.05, 3.63) is 70.8 Å². The number of fused-ring (bicyclic) bond motifs is 1. The molecule has 0 aliphatic heterocycles. The summed E-state index contributed by atoms with van der Waals surface area (Å²) < 4.78 is 105. The van der Waals surface area contributed by atoms with Gasteiger partial charge in [0, 0.05) is 11.8 Å². The molecule has 5 atom stereocenters. The third-order valence-corrected chi connectivity index (χ3v) is 8.87. The smallest absolute Gasteiger partial charge is 0.432 e. The SMILES string of the molecule is O=C(OC(C(F)(F)F)C(F)(F)S(=O)(=O)O)C1C2c3ccccc3C(c3ccccc32)C1C1CCCC1O. The van der Waals surface area contributed by atoms with Crippen LogP contribution >= 0.6 is 0 Å². The second-order valence-electron chi connectivity index (χ2n) is 9.87. The largest absolute Gasteiger partial charge is 0.444 e. The summed E-state index contributed by atoms with van der Waals surface area (Å²) in [6.07, 6.45) is -9.79. The van der Waals surface area contributed by atoms with Gasteiger partial charge in [-0.25, -0.2) is 0 Å². The topological polar surface area (TPSA) is 101 Å². The zero-order valence-corrected chi connectivity index (χ0v) is 19.9. The van der Waals surface area contributed by atoms with E-state index in [0.29, 0.717) is 30.4 Å². The number of hydrogen-bond acceptors (Lipinski definition) is 5. The molecule has 1 saturated carbocycles. The molecule has 2 aromatic rings. The van der Waals surface area contributed by atoms with Gasteiger partial charge in [-0.1, -0.05) is 55.0 Å². The van der Waals surface area contributed by atoms with Gasteiger partial charge in [-0.15, -0.1) is 0 Å². The molecule has 0 aromatic heterocycles. The molecule has 2 aromatic carbocycles. The van der Waals surface area contributed by atoms with Crippen molar-refractivity contribution in [1.29, 1.82) is 0 Å². The van der Waals surface area contributed by atoms with E-state index in [1.807, 2.05) is 12.1 Å². The maximum atomic E-state index is 14.3. The average Bonchev–Trinajstić information content (AvgIpc) is 3.25. The minimum Gasteiger partial charge on any atom is -0.444 e. The second-order valence-corrected chi connectivity index (χ2v) is 11.4. The molecule has 200 valence electrons. The molecule has 4 aliphatic carbocycles. The number of alkyl halides is 5. The molecule has 2 N–H and O–H groups in total. The van der Waals surface area contributed by atoms with Crippen LogP contribution in [0.1, 0.15) is 53.4 Å². The maximum Gasteiger partial charge on any atom is 0.432 e. The maximum absolute atomic E-state index is 14.3. The van der Waals surface area contributed by atoms with Crippen molar-refractivity contribution in [2.24, 2.45) is 17.8 Å². The van der Waals surface area contributed by atoms with Crippen molar-refractivity contribution in [2.45, 2.75) is 54.7 Å². The Hall–Kier alpha value is -2.57. The van der Waals surface area contributed by atoms with Crippen molar-refractivity contribution in [3.8, 4) is 0 Å². The fraction of sp³-hybridized carbons (Fsp3) is 0.480. The summed E-state index contributed by atoms with van der Waals surface area (Å²) in [5.41, 5.74) is 2.91. The summed E-state index contributed by atoms with van der Waals surface area (Å²) in [5, 5.41) is 4.92. The van der Waals surface area contributed by atoms with Gasteiger partial charge in [0.1, 0.15) is 0 Å². The summed E-state index contributed by atoms with van der Waals surface area (Å²) in [6, 6.07) is 14.0. The first-order chi connectivity index (χ1) is 17.2. The first-order valence-corrected chi connectivity index (χ1v) is 13.2. The Balaban J connectivity index is 1.66. The molecule has 6 nitrogen and oxygen atoms in total. The minimum absolute atomic E-state index is 0.412. The minimum atomic E-state index is -6.58. The Morgan fingerprint density at radius 1 is 0.892 bits per heavy atom. The number of esters is 1. The average molecular weight is 547 g/mol. The molecule has 37 heavy (non-hydrogen) atoms. The zero-order chi connectivity index (χ0) is 26.9. The van der Waals surface area contributed by atoms with Crippen LogP contribution < -0.4 is 0 Å². The van der Waals surface area contributed by atoms with Gasteiger partial charge in [-0.05, 0) is 46.9 Å². The van der Waals surface area contributed by atoms with Crippen LogP contribution in [0.2, 0.25) is 0 Å². The highest BCUT2D eigenvalue weighted by atomic mass is 32.2. The lowest BCUT2D eigenvalue weighted by Crippen LogP contribution is -2.55. The zero-order valence-electron chi connectivity index (χ0n) is 19.1. The van der Waals surface area contributed by atoms with E-state index in [-0.39, 0.29) is 0 Å². The summed E-state index contributed by atoms with van der Waals surface area (Å²) >= 11 is 0. The summed E-state index contributed by atoms with van der Waals surface area (Å²) in [4.78, 5) is 13.5. The number of aliphatic hydroxyl groups is 1. The predicted octanol–water partition coefficient (Wildman–Crippen LogP) is 4.63. The highest BCUT2D eigenvalue weighted by Gasteiger charge is 2.67. The first-order valence-electron chi connectivity index (χ1n) is 11.7. The first kappa shape index (κ1) is 26.1. The number of aliphatic hydroxyl groups excluding tert-OH is 1. The number of rotatable bonds is 5. The van der Waals surface area contributed by atoms with Crippen molar-refractivity contribution in [3.63, 3.8) is 0 Å². The number of benzene rings is 2. The standard InChI is InChI=1S/C25H23F5O6S/c26-24(27,28)23(25(29,30)37(33,34)35)36-22(32)21-19-14-8-3-1-6-12(14)18(13-7-2-4-9-15(13)19)20(21)16-10-5-11-17(16)31/h1-4,6-9,16-21,23,31H,5,10-11H2,(H,33,34,35). The van der Waals surface area contributed by atoms with E-state index in [2.05, 4.69) is 4.74 Å². The molecule has 0 saturated heterocycles. The van der Waals surface area contributed by atoms with Crippen molar-refractivity contribution >= 4 is 16.1 Å². The Bertz CT molecular complexity index is 1280. The normalized spacial score (nSPS) is 29.9. The second kappa shape index (κ2) is 8.74. The van der Waals surface area contributed by atoms with E-state index in [0.717, 1.165) is 11.1 Å². The van der Waals surface area contributed by atoms with Crippen LogP contribution in [0.3, 0.4) is 0 Å². The highest BCUT2D eigenvalue weighted by Crippen LogP contribution is 2.62. The molecule has 0 amide bonds. The van der Waals surface area contributed by atoms with Crippen LogP contribution in [0, 0.1) is 17.8 Å². The molecule has 1 fully saturated rings. The van der Waals surface area contributed by atoms with Gasteiger partial charge in [0.2, 0.25) is 0 Å². The van der Waals surface area contributed by atoms with Crippen LogP contribution in [0.4, 0.5) is 22.0 Å². The van der Waals surface area contributed by atoms with E-state index in [1.165, 1.54) is 0 Å². The fourth-order valence-electron chi connectivity index (χ4n) is 6.60. The summed E-state index contributed by atoms with van der Waals surface area (Å²) in [5.74, 6) is -5.77. The molecular formula is C25H23F5O6S. The lowest BCUT2D eigenvalue weighted by molar-refractivity contribution is -0.262. The van der Waals surface area contributed by atoms with Crippen LogP contribution in [0.5, 0.6) is 0 Å². The quantitative estimate of drug-likeness (QED) is 0.322. The molecule has 6 rings (SSSR count). The van der Waals surface area contributed by atoms with Gasteiger partial charge >= 0.3 is 27.5 Å². The third-order valence-electron chi connectivity index (χ3n) is 7.97. The lowest BCUT2D eigenvalue weighted by Gasteiger charge is -2.52. The van der Waals surface area contributed by atoms with E-state index in [9.17, 15) is 40.3 Å². The monoisotopic (exact) mass is 546 g/mol. The lowest BCUT2D eigenvalue weighted by atomic mass is 9.51. The van der Waals surface area contributed by atoms with Gasteiger partial charge in [0.25, 0.3) is 6.10 Å². The van der Waals surface area contributed by atoms with Crippen LogP contribution in [0.25, 0.3) is 0 Å². The van der Waals surface area contributed by atoms with Crippen molar-refractivity contribution < 1.29 is 49.6 Å². The van der Waals surface area contributed by atoms with Crippen LogP contribution in [-0.4, -0.2) is 47.7 Å². The van der Waals surface area contributed by atoms with Crippen LogP contribution in [-0.2, 0) is 19.6 Å². The fourth-order valence-corrected chi connectivity index (χ4v) is 7.05. The number of ether oxygens (including phenoxy) is 1. The Morgan fingerprint density at radius 3 is 1.78 bits per heavy atom. The van der Waals surface area contributed by atoms with Gasteiger partial charge in [0.05, 0.1) is 12.0 Å². The van der Waals surface area contributed by atoms with Crippen molar-refractivity contribution in [1.82, 2.24) is 0 Å². The molecular weight excluding hydrogens is 523 g/mol. The van der Waals surface area contributed by atoms with E-state index in [4.69, 9.17) is 4.55 Å². The summed E-state index contributed by atoms with van der Waals surface area (Å²) in [6.45, 7) is 0. The third kappa shape index (κ3) is 4.04. The van der Waals surface area contributed by atoms with Crippen LogP contribution in [0.15, 0.2) is 48.5 Å². The number of carbonyl (C=O) groups excluding carboxylic acids is 1. The number of halogens is 5. The molecule has 4 aliphatic rings. The number of hydrogen-bond donors (Lipinski definition) is 2. The number of carbonyl (C=O) groups is 1. The molecule has 0 heterocycles. The highest BCUT2D eigenvalue weighted by molar-refractivity contribution is 7.86. The van der Waals surface area contributed by atoms with Gasteiger partial charge in [-0.3, -0.25) is 9.35 Å². The Kier molecular flexibility index (Phi) is 6.15. The van der Waals surface area contributed by atoms with Crippen molar-refractivity contribution in [2.75, 3.05) is 0 Å². The predicted molar refractivity (Wildman–Crippen MR) is 119 cm³/mol. The molecule has 0 spiro atoms. The Morgan fingerprint density at radius 2 is 1.38 bits per heavy atom. The molecule has 0 radical (unpaired) electrons. The summed E-state index contributed by atoms with van der Waals surface area (Å²) in [7, 11) is -6.58. The molecule has 5 unspecified atom stereocenters. The molecule has 2 bridgehead atoms. The van der Waals surface area contributed by atoms with Gasteiger partial charge in [0.15, 0.2) is 0 Å². The van der Waals surface area contributed by atoms with Gasteiger partial charge in [-0.2, -0.15) is 30.4 Å². The van der Waals surface area contributed by atoms with E-state index in [1.54, 1.807) is 36.4 Å². The molecule has 12 heteroatoms. The van der Waals surface area contributed by atoms with Gasteiger partial charge < -0.3 is 9.84 Å². The van der Waals surface area contributed by atoms with E-state index < -0.39 is 69.3 Å². The Labute approximate surface area is 209 Å².